The highest BCUT2D eigenvalue weighted by atomic mass is 16.5. The van der Waals surface area contributed by atoms with Gasteiger partial charge in [0.05, 0.1) is 20.3 Å². The minimum atomic E-state index is -0.0626. The summed E-state index contributed by atoms with van der Waals surface area (Å²) in [6.45, 7) is 6.96. The molecular weight excluding hydrogens is 515 g/mol. The first-order chi connectivity index (χ1) is 19.9. The fourth-order valence-corrected chi connectivity index (χ4v) is 5.47. The summed E-state index contributed by atoms with van der Waals surface area (Å²) >= 11 is 0. The molecule has 1 heterocycles. The molecule has 1 fully saturated rings. The standard InChI is InChI=1S/C33H41BN2O5/c1-24(2)36(33(37)27-15-16-31(39-4)32(20-27)40-18-10-17-38-3)28-19-25(21-35(34)22-28)23-41-30-14-9-8-13-29(30)26-11-6-5-7-12-26/h5-9,11-16,20,24-25,28H,10,17-19,21-23H2,1-4H3. The molecule has 1 aliphatic heterocycles. The molecular formula is C33H41BN2O5. The Morgan fingerprint density at radius 1 is 0.927 bits per heavy atom. The Kier molecular flexibility index (Phi) is 11.1. The Morgan fingerprint density at radius 2 is 1.68 bits per heavy atom. The number of para-hydroxylation sites is 1. The van der Waals surface area contributed by atoms with Gasteiger partial charge in [0.2, 0.25) is 0 Å². The summed E-state index contributed by atoms with van der Waals surface area (Å²) in [7, 11) is 9.67. The van der Waals surface area contributed by atoms with Crippen molar-refractivity contribution in [3.05, 3.63) is 78.4 Å². The summed E-state index contributed by atoms with van der Waals surface area (Å²) in [4.78, 5) is 17.7. The predicted molar refractivity (Wildman–Crippen MR) is 163 cm³/mol. The fourth-order valence-electron chi connectivity index (χ4n) is 5.47. The highest BCUT2D eigenvalue weighted by Crippen LogP contribution is 2.32. The quantitative estimate of drug-likeness (QED) is 0.205. The molecule has 41 heavy (non-hydrogen) atoms. The smallest absolute Gasteiger partial charge is 0.254 e. The van der Waals surface area contributed by atoms with Crippen molar-refractivity contribution in [1.82, 2.24) is 9.71 Å². The van der Waals surface area contributed by atoms with Crippen molar-refractivity contribution >= 4 is 13.9 Å². The van der Waals surface area contributed by atoms with Crippen LogP contribution in [0.25, 0.3) is 11.1 Å². The van der Waals surface area contributed by atoms with Crippen LogP contribution in [0.5, 0.6) is 17.2 Å². The summed E-state index contributed by atoms with van der Waals surface area (Å²) < 4.78 is 22.9. The van der Waals surface area contributed by atoms with E-state index in [0.717, 1.165) is 29.7 Å². The van der Waals surface area contributed by atoms with Crippen molar-refractivity contribution in [1.29, 1.82) is 0 Å². The lowest BCUT2D eigenvalue weighted by molar-refractivity contribution is 0.0422. The van der Waals surface area contributed by atoms with Crippen molar-refractivity contribution in [2.75, 3.05) is 47.1 Å². The van der Waals surface area contributed by atoms with E-state index in [-0.39, 0.29) is 23.9 Å². The van der Waals surface area contributed by atoms with Crippen molar-refractivity contribution in [2.45, 2.75) is 38.8 Å². The fraction of sp³-hybridized carbons (Fsp3) is 0.424. The van der Waals surface area contributed by atoms with Crippen LogP contribution in [0, 0.1) is 5.92 Å². The molecule has 0 aromatic heterocycles. The van der Waals surface area contributed by atoms with E-state index in [4.69, 9.17) is 26.9 Å². The molecule has 0 aliphatic carbocycles. The molecule has 0 bridgehead atoms. The molecule has 7 nitrogen and oxygen atoms in total. The molecule has 0 N–H and O–H groups in total. The van der Waals surface area contributed by atoms with Crippen LogP contribution in [0.4, 0.5) is 0 Å². The zero-order valence-electron chi connectivity index (χ0n) is 24.6. The minimum Gasteiger partial charge on any atom is -0.493 e. The van der Waals surface area contributed by atoms with Crippen molar-refractivity contribution < 1.29 is 23.7 Å². The number of carbonyl (C=O) groups excluding carboxylic acids is 1. The zero-order chi connectivity index (χ0) is 29.2. The van der Waals surface area contributed by atoms with Crippen LogP contribution in [0.2, 0.25) is 0 Å². The number of carbonyl (C=O) groups is 1. The molecule has 1 saturated heterocycles. The Labute approximate surface area is 245 Å². The van der Waals surface area contributed by atoms with Crippen molar-refractivity contribution in [3.63, 3.8) is 0 Å². The average molecular weight is 557 g/mol. The van der Waals surface area contributed by atoms with Crippen molar-refractivity contribution in [2.24, 2.45) is 5.92 Å². The molecule has 0 saturated carbocycles. The highest BCUT2D eigenvalue weighted by molar-refractivity contribution is 6.04. The van der Waals surface area contributed by atoms with Gasteiger partial charge in [-0.25, -0.2) is 0 Å². The third-order valence-corrected chi connectivity index (χ3v) is 7.33. The minimum absolute atomic E-state index is 0.0208. The van der Waals surface area contributed by atoms with Gasteiger partial charge in [0.1, 0.15) is 5.75 Å². The molecule has 4 rings (SSSR count). The number of ether oxygens (including phenoxy) is 4. The Bertz CT molecular complexity index is 1260. The van der Waals surface area contributed by atoms with E-state index < -0.39 is 0 Å². The molecule has 216 valence electrons. The number of rotatable bonds is 13. The van der Waals surface area contributed by atoms with Crippen molar-refractivity contribution in [3.8, 4) is 28.4 Å². The van der Waals surface area contributed by atoms with Gasteiger partial charge in [-0.2, -0.15) is 0 Å². The third kappa shape index (κ3) is 8.05. The SMILES string of the molecule is [B]N1CC(COc2ccccc2-c2ccccc2)CC(N(C(=O)c2ccc(OC)c(OCCCOC)c2)C(C)C)C1. The molecule has 3 aromatic carbocycles. The number of methoxy groups -OCH3 is 2. The number of hydrogen-bond donors (Lipinski definition) is 0. The van der Waals surface area contributed by atoms with Crippen LogP contribution in [0.15, 0.2) is 72.8 Å². The number of amides is 1. The van der Waals surface area contributed by atoms with E-state index in [0.29, 0.717) is 50.0 Å². The second kappa shape index (κ2) is 14.9. The first kappa shape index (κ1) is 30.5. The van der Waals surface area contributed by atoms with Gasteiger partial charge in [-0.1, -0.05) is 48.5 Å². The van der Waals surface area contributed by atoms with Crippen LogP contribution in [0.3, 0.4) is 0 Å². The molecule has 1 amide bonds. The van der Waals surface area contributed by atoms with E-state index in [2.05, 4.69) is 18.2 Å². The Hall–Kier alpha value is -3.49. The summed E-state index contributed by atoms with van der Waals surface area (Å²) in [6.07, 6.45) is 1.53. The van der Waals surface area contributed by atoms with Gasteiger partial charge in [-0.15, -0.1) is 0 Å². The topological polar surface area (TPSA) is 60.5 Å². The third-order valence-electron chi connectivity index (χ3n) is 7.33. The van der Waals surface area contributed by atoms with E-state index in [9.17, 15) is 4.79 Å². The van der Waals surface area contributed by atoms with Crippen LogP contribution in [-0.4, -0.2) is 82.8 Å². The van der Waals surface area contributed by atoms with Gasteiger partial charge in [0, 0.05) is 55.8 Å². The normalized spacial score (nSPS) is 17.3. The van der Waals surface area contributed by atoms with Crippen LogP contribution < -0.4 is 14.2 Å². The number of nitrogens with zero attached hydrogens (tertiary/aromatic N) is 2. The molecule has 2 atom stereocenters. The monoisotopic (exact) mass is 556 g/mol. The van der Waals surface area contributed by atoms with Crippen LogP contribution >= 0.6 is 0 Å². The largest absolute Gasteiger partial charge is 0.493 e. The van der Waals surface area contributed by atoms with E-state index in [1.807, 2.05) is 60.0 Å². The summed E-state index contributed by atoms with van der Waals surface area (Å²) in [5.41, 5.74) is 2.73. The zero-order valence-corrected chi connectivity index (χ0v) is 24.6. The molecule has 2 radical (unpaired) electrons. The molecule has 1 aliphatic rings. The molecule has 8 heteroatoms. The van der Waals surface area contributed by atoms with Crippen LogP contribution in [-0.2, 0) is 4.74 Å². The summed E-state index contributed by atoms with van der Waals surface area (Å²) in [5, 5.41) is 0. The summed E-state index contributed by atoms with van der Waals surface area (Å²) in [5.74, 6) is 2.09. The van der Waals surface area contributed by atoms with Gasteiger partial charge in [-0.05, 0) is 56.6 Å². The van der Waals surface area contributed by atoms with Gasteiger partial charge in [-0.3, -0.25) is 4.79 Å². The second-order valence-electron chi connectivity index (χ2n) is 10.7. The molecule has 0 spiro atoms. The average Bonchev–Trinajstić information content (AvgIpc) is 2.98. The molecule has 2 unspecified atom stereocenters. The van der Waals surface area contributed by atoms with Gasteiger partial charge in [0.15, 0.2) is 19.5 Å². The number of benzene rings is 3. The summed E-state index contributed by atoms with van der Waals surface area (Å²) in [6, 6.07) is 23.6. The lowest BCUT2D eigenvalue weighted by Crippen LogP contribution is -2.55. The van der Waals surface area contributed by atoms with E-state index in [1.54, 1.807) is 32.4 Å². The second-order valence-corrected chi connectivity index (χ2v) is 10.7. The van der Waals surface area contributed by atoms with Gasteiger partial charge in [0.25, 0.3) is 5.91 Å². The van der Waals surface area contributed by atoms with E-state index in [1.165, 1.54) is 0 Å². The maximum Gasteiger partial charge on any atom is 0.254 e. The first-order valence-corrected chi connectivity index (χ1v) is 14.3. The Balaban J connectivity index is 1.48. The van der Waals surface area contributed by atoms with Gasteiger partial charge < -0.3 is 28.7 Å². The van der Waals surface area contributed by atoms with Crippen LogP contribution in [0.1, 0.15) is 37.0 Å². The lowest BCUT2D eigenvalue weighted by Gasteiger charge is -2.43. The molecule has 3 aromatic rings. The number of hydrogen-bond acceptors (Lipinski definition) is 6. The maximum absolute atomic E-state index is 13.9. The number of piperidine rings is 1. The Morgan fingerprint density at radius 3 is 2.41 bits per heavy atom. The van der Waals surface area contributed by atoms with E-state index >= 15 is 0 Å². The predicted octanol–water partition coefficient (Wildman–Crippen LogP) is 5.48. The lowest BCUT2D eigenvalue weighted by atomic mass is 9.90. The first-order valence-electron chi connectivity index (χ1n) is 14.3. The highest BCUT2D eigenvalue weighted by Gasteiger charge is 2.34. The van der Waals surface area contributed by atoms with Gasteiger partial charge >= 0.3 is 0 Å². The maximum atomic E-state index is 13.9.